The lowest BCUT2D eigenvalue weighted by atomic mass is 10.0. The van der Waals surface area contributed by atoms with Crippen molar-refractivity contribution in [1.29, 1.82) is 0 Å². The van der Waals surface area contributed by atoms with Gasteiger partial charge in [-0.2, -0.15) is 0 Å². The maximum Gasteiger partial charge on any atom is 0.0728 e. The van der Waals surface area contributed by atoms with Crippen LogP contribution in [0.2, 0.25) is 0 Å². The molecule has 0 amide bonds. The number of benzene rings is 1. The second kappa shape index (κ2) is 3.88. The van der Waals surface area contributed by atoms with E-state index in [-0.39, 0.29) is 0 Å². The average molecular weight is 228 g/mol. The van der Waals surface area contributed by atoms with Gasteiger partial charge in [-0.1, -0.05) is 19.9 Å². The molecule has 0 unspecified atom stereocenters. The predicted molar refractivity (Wildman–Crippen MR) is 72.5 cm³/mol. The summed E-state index contributed by atoms with van der Waals surface area (Å²) in [6.07, 6.45) is 1.15. The maximum absolute atomic E-state index is 3.45. The number of hydrogen-bond acceptors (Lipinski definition) is 1. The third-order valence-electron chi connectivity index (χ3n) is 3.95. The first kappa shape index (κ1) is 10.8. The normalized spacial score (nSPS) is 15.5. The molecule has 0 fully saturated rings. The summed E-state index contributed by atoms with van der Waals surface area (Å²) in [6.45, 7) is 8.85. The lowest BCUT2D eigenvalue weighted by molar-refractivity contribution is 0.505. The molecule has 0 aliphatic carbocycles. The summed E-state index contributed by atoms with van der Waals surface area (Å²) in [5.74, 6) is 0.605. The van der Waals surface area contributed by atoms with E-state index in [0.29, 0.717) is 5.92 Å². The van der Waals surface area contributed by atoms with E-state index in [0.717, 1.165) is 19.6 Å². The fourth-order valence-corrected chi connectivity index (χ4v) is 2.85. The highest BCUT2D eigenvalue weighted by molar-refractivity contribution is 5.86. The van der Waals surface area contributed by atoms with Gasteiger partial charge in [-0.05, 0) is 36.1 Å². The fourth-order valence-electron chi connectivity index (χ4n) is 2.85. The molecule has 2 heteroatoms. The minimum atomic E-state index is 0.605. The van der Waals surface area contributed by atoms with Crippen molar-refractivity contribution >= 4 is 10.9 Å². The highest BCUT2D eigenvalue weighted by atomic mass is 15.1. The van der Waals surface area contributed by atoms with E-state index in [1.807, 2.05) is 0 Å². The smallest absolute Gasteiger partial charge is 0.0728 e. The Labute approximate surface area is 103 Å². The van der Waals surface area contributed by atoms with Gasteiger partial charge >= 0.3 is 0 Å². The standard InChI is InChI=1S/C15H20N2/c1-10(2)12-4-5-15-13(8-12)11(3)14-6-7-16-9-17(14)15/h4-5,8,10,16H,6-7,9H2,1-3H3. The van der Waals surface area contributed by atoms with Crippen LogP contribution < -0.4 is 5.32 Å². The van der Waals surface area contributed by atoms with Crippen molar-refractivity contribution in [3.63, 3.8) is 0 Å². The van der Waals surface area contributed by atoms with Crippen LogP contribution in [0.3, 0.4) is 0 Å². The van der Waals surface area contributed by atoms with Gasteiger partial charge < -0.3 is 4.57 Å². The molecule has 0 atom stereocenters. The van der Waals surface area contributed by atoms with Crippen molar-refractivity contribution in [2.24, 2.45) is 0 Å². The van der Waals surface area contributed by atoms with Crippen molar-refractivity contribution in [2.75, 3.05) is 6.54 Å². The summed E-state index contributed by atoms with van der Waals surface area (Å²) < 4.78 is 2.43. The summed E-state index contributed by atoms with van der Waals surface area (Å²) in [5.41, 5.74) is 5.81. The van der Waals surface area contributed by atoms with Gasteiger partial charge in [-0.3, -0.25) is 5.32 Å². The van der Waals surface area contributed by atoms with Crippen LogP contribution in [0, 0.1) is 6.92 Å². The molecular formula is C15H20N2. The Morgan fingerprint density at radius 1 is 1.29 bits per heavy atom. The van der Waals surface area contributed by atoms with Gasteiger partial charge in [0.15, 0.2) is 0 Å². The summed E-state index contributed by atoms with van der Waals surface area (Å²) >= 11 is 0. The highest BCUT2D eigenvalue weighted by Crippen LogP contribution is 2.29. The minimum absolute atomic E-state index is 0.605. The molecule has 0 saturated carbocycles. The SMILES string of the molecule is Cc1c2n(c3ccc(C(C)C)cc13)CNCC2. The van der Waals surface area contributed by atoms with E-state index in [1.54, 1.807) is 0 Å². The van der Waals surface area contributed by atoms with Crippen molar-refractivity contribution in [2.45, 2.75) is 39.8 Å². The number of nitrogens with zero attached hydrogens (tertiary/aromatic N) is 1. The Morgan fingerprint density at radius 2 is 2.12 bits per heavy atom. The van der Waals surface area contributed by atoms with Crippen molar-refractivity contribution in [1.82, 2.24) is 9.88 Å². The van der Waals surface area contributed by atoms with Gasteiger partial charge in [0, 0.05) is 29.6 Å². The summed E-state index contributed by atoms with van der Waals surface area (Å²) in [6, 6.07) is 6.93. The van der Waals surface area contributed by atoms with Gasteiger partial charge in [0.25, 0.3) is 0 Å². The first-order valence-corrected chi connectivity index (χ1v) is 6.51. The topological polar surface area (TPSA) is 17.0 Å². The lowest BCUT2D eigenvalue weighted by Gasteiger charge is -2.18. The zero-order valence-corrected chi connectivity index (χ0v) is 10.9. The van der Waals surface area contributed by atoms with Crippen LogP contribution >= 0.6 is 0 Å². The van der Waals surface area contributed by atoms with Gasteiger partial charge in [0.05, 0.1) is 6.67 Å². The van der Waals surface area contributed by atoms with Crippen LogP contribution in [0.25, 0.3) is 10.9 Å². The Hall–Kier alpha value is -1.28. The number of nitrogens with one attached hydrogen (secondary N) is 1. The molecule has 0 bridgehead atoms. The second-order valence-electron chi connectivity index (χ2n) is 5.34. The van der Waals surface area contributed by atoms with E-state index in [1.165, 1.54) is 27.7 Å². The molecule has 2 heterocycles. The summed E-state index contributed by atoms with van der Waals surface area (Å²) in [4.78, 5) is 0. The van der Waals surface area contributed by atoms with Gasteiger partial charge in [0.2, 0.25) is 0 Å². The van der Waals surface area contributed by atoms with Gasteiger partial charge in [0.1, 0.15) is 0 Å². The number of hydrogen-bond donors (Lipinski definition) is 1. The Morgan fingerprint density at radius 3 is 2.88 bits per heavy atom. The first-order valence-electron chi connectivity index (χ1n) is 6.51. The Balaban J connectivity index is 2.27. The maximum atomic E-state index is 3.45. The Kier molecular flexibility index (Phi) is 2.48. The van der Waals surface area contributed by atoms with E-state index < -0.39 is 0 Å². The van der Waals surface area contributed by atoms with E-state index in [4.69, 9.17) is 0 Å². The largest absolute Gasteiger partial charge is 0.331 e. The van der Waals surface area contributed by atoms with Crippen molar-refractivity contribution < 1.29 is 0 Å². The summed E-state index contributed by atoms with van der Waals surface area (Å²) in [7, 11) is 0. The molecular weight excluding hydrogens is 208 g/mol. The van der Waals surface area contributed by atoms with Crippen LogP contribution in [0.1, 0.15) is 36.6 Å². The lowest BCUT2D eigenvalue weighted by Crippen LogP contribution is -2.28. The van der Waals surface area contributed by atoms with Gasteiger partial charge in [-0.25, -0.2) is 0 Å². The first-order chi connectivity index (χ1) is 8.18. The molecule has 1 aromatic heterocycles. The molecule has 1 aliphatic rings. The number of aromatic nitrogens is 1. The summed E-state index contributed by atoms with van der Waals surface area (Å²) in [5, 5.41) is 4.89. The average Bonchev–Trinajstić information content (AvgIpc) is 2.64. The molecule has 3 rings (SSSR count). The number of rotatable bonds is 1. The van der Waals surface area contributed by atoms with E-state index >= 15 is 0 Å². The molecule has 1 aromatic carbocycles. The molecule has 0 spiro atoms. The zero-order chi connectivity index (χ0) is 12.0. The van der Waals surface area contributed by atoms with Crippen LogP contribution in [-0.2, 0) is 13.1 Å². The number of fused-ring (bicyclic) bond motifs is 3. The molecule has 1 N–H and O–H groups in total. The van der Waals surface area contributed by atoms with Crippen molar-refractivity contribution in [3.8, 4) is 0 Å². The highest BCUT2D eigenvalue weighted by Gasteiger charge is 2.17. The monoisotopic (exact) mass is 228 g/mol. The van der Waals surface area contributed by atoms with Crippen LogP contribution in [-0.4, -0.2) is 11.1 Å². The molecule has 1 aliphatic heterocycles. The quantitative estimate of drug-likeness (QED) is 0.793. The Bertz CT molecular complexity index is 564. The van der Waals surface area contributed by atoms with Crippen molar-refractivity contribution in [3.05, 3.63) is 35.0 Å². The van der Waals surface area contributed by atoms with Crippen LogP contribution in [0.4, 0.5) is 0 Å². The van der Waals surface area contributed by atoms with E-state index in [9.17, 15) is 0 Å². The molecule has 2 aromatic rings. The van der Waals surface area contributed by atoms with Crippen LogP contribution in [0.5, 0.6) is 0 Å². The molecule has 2 nitrogen and oxygen atoms in total. The molecule has 0 saturated heterocycles. The third kappa shape index (κ3) is 1.59. The second-order valence-corrected chi connectivity index (χ2v) is 5.34. The number of aryl methyl sites for hydroxylation is 1. The molecule has 0 radical (unpaired) electrons. The zero-order valence-electron chi connectivity index (χ0n) is 10.9. The third-order valence-corrected chi connectivity index (χ3v) is 3.95. The van der Waals surface area contributed by atoms with Crippen LogP contribution in [0.15, 0.2) is 18.2 Å². The van der Waals surface area contributed by atoms with Gasteiger partial charge in [-0.15, -0.1) is 0 Å². The minimum Gasteiger partial charge on any atom is -0.331 e. The predicted octanol–water partition coefficient (Wildman–Crippen LogP) is 3.18. The molecule has 17 heavy (non-hydrogen) atoms. The van der Waals surface area contributed by atoms with E-state index in [2.05, 4.69) is 48.9 Å². The fraction of sp³-hybridized carbons (Fsp3) is 0.467. The molecule has 90 valence electrons.